The third kappa shape index (κ3) is 2.72. The third-order valence-electron chi connectivity index (χ3n) is 3.04. The van der Waals surface area contributed by atoms with Gasteiger partial charge in [-0.05, 0) is 12.1 Å². The fraction of sp³-hybridized carbons (Fsp3) is 0.385. The number of amides is 1. The summed E-state index contributed by atoms with van der Waals surface area (Å²) in [5.41, 5.74) is -0.143. The number of nitrogens with zero attached hydrogens (tertiary/aromatic N) is 1. The SMILES string of the molecule is COc1cccc(C(=O)N2CCOC(C(=O)O)C2)c1F. The van der Waals surface area contributed by atoms with Crippen LogP contribution in [-0.2, 0) is 9.53 Å². The van der Waals surface area contributed by atoms with Crippen LogP contribution in [0, 0.1) is 5.82 Å². The lowest BCUT2D eigenvalue weighted by atomic mass is 10.1. The summed E-state index contributed by atoms with van der Waals surface area (Å²) in [6, 6.07) is 4.25. The molecule has 0 aromatic heterocycles. The molecule has 1 heterocycles. The van der Waals surface area contributed by atoms with E-state index in [0.717, 1.165) is 0 Å². The molecule has 0 spiro atoms. The molecule has 1 N–H and O–H groups in total. The number of carboxylic acid groups (broad SMARTS) is 1. The van der Waals surface area contributed by atoms with Crippen molar-refractivity contribution in [2.75, 3.05) is 26.8 Å². The van der Waals surface area contributed by atoms with Crippen LogP contribution in [0.4, 0.5) is 4.39 Å². The number of hydrogen-bond acceptors (Lipinski definition) is 4. The van der Waals surface area contributed by atoms with Gasteiger partial charge in [0, 0.05) is 6.54 Å². The van der Waals surface area contributed by atoms with Crippen LogP contribution in [0.5, 0.6) is 5.75 Å². The average molecular weight is 283 g/mol. The largest absolute Gasteiger partial charge is 0.494 e. The predicted octanol–water partition coefficient (Wildman–Crippen LogP) is 0.760. The summed E-state index contributed by atoms with van der Waals surface area (Å²) < 4.78 is 23.9. The van der Waals surface area contributed by atoms with E-state index in [4.69, 9.17) is 14.6 Å². The first-order valence-electron chi connectivity index (χ1n) is 6.00. The fourth-order valence-corrected chi connectivity index (χ4v) is 1.99. The summed E-state index contributed by atoms with van der Waals surface area (Å²) in [4.78, 5) is 24.4. The van der Waals surface area contributed by atoms with E-state index in [2.05, 4.69) is 0 Å². The quantitative estimate of drug-likeness (QED) is 0.886. The summed E-state index contributed by atoms with van der Waals surface area (Å²) >= 11 is 0. The van der Waals surface area contributed by atoms with Gasteiger partial charge in [0.1, 0.15) is 0 Å². The normalized spacial score (nSPS) is 18.7. The Labute approximate surface area is 114 Å². The minimum absolute atomic E-state index is 0.0288. The van der Waals surface area contributed by atoms with Crippen LogP contribution < -0.4 is 4.74 Å². The molecule has 6 nitrogen and oxygen atoms in total. The third-order valence-corrected chi connectivity index (χ3v) is 3.04. The zero-order chi connectivity index (χ0) is 14.7. The zero-order valence-corrected chi connectivity index (χ0v) is 10.8. The Hall–Kier alpha value is -2.15. The number of hydrogen-bond donors (Lipinski definition) is 1. The van der Waals surface area contributed by atoms with Crippen LogP contribution >= 0.6 is 0 Å². The van der Waals surface area contributed by atoms with Crippen LogP contribution in [0.2, 0.25) is 0 Å². The maximum Gasteiger partial charge on any atom is 0.334 e. The number of methoxy groups -OCH3 is 1. The van der Waals surface area contributed by atoms with Crippen molar-refractivity contribution >= 4 is 11.9 Å². The Morgan fingerprint density at radius 2 is 2.25 bits per heavy atom. The lowest BCUT2D eigenvalue weighted by Crippen LogP contribution is -2.48. The van der Waals surface area contributed by atoms with E-state index in [1.807, 2.05) is 0 Å². The monoisotopic (exact) mass is 283 g/mol. The highest BCUT2D eigenvalue weighted by molar-refractivity contribution is 5.95. The van der Waals surface area contributed by atoms with Gasteiger partial charge in [0.2, 0.25) is 0 Å². The highest BCUT2D eigenvalue weighted by Gasteiger charge is 2.30. The second kappa shape index (κ2) is 5.87. The molecule has 2 rings (SSSR count). The standard InChI is InChI=1S/C13H14FNO5/c1-19-9-4-2-3-8(11(9)14)12(16)15-5-6-20-10(7-15)13(17)18/h2-4,10H,5-7H2,1H3,(H,17,18). The number of morpholine rings is 1. The first-order valence-corrected chi connectivity index (χ1v) is 6.00. The Balaban J connectivity index is 2.21. The lowest BCUT2D eigenvalue weighted by Gasteiger charge is -2.31. The Kier molecular flexibility index (Phi) is 4.19. The van der Waals surface area contributed by atoms with Crippen LogP contribution in [-0.4, -0.2) is 54.8 Å². The van der Waals surface area contributed by atoms with Crippen molar-refractivity contribution in [3.63, 3.8) is 0 Å². The van der Waals surface area contributed by atoms with Crippen molar-refractivity contribution in [1.82, 2.24) is 4.90 Å². The van der Waals surface area contributed by atoms with Gasteiger partial charge in [-0.2, -0.15) is 0 Å². The van der Waals surface area contributed by atoms with Gasteiger partial charge >= 0.3 is 5.97 Å². The van der Waals surface area contributed by atoms with Gasteiger partial charge in [-0.15, -0.1) is 0 Å². The van der Waals surface area contributed by atoms with Gasteiger partial charge in [-0.3, -0.25) is 4.79 Å². The summed E-state index contributed by atoms with van der Waals surface area (Å²) in [5.74, 6) is -2.50. The molecule has 20 heavy (non-hydrogen) atoms. The first-order chi connectivity index (χ1) is 9.54. The highest BCUT2D eigenvalue weighted by Crippen LogP contribution is 2.22. The van der Waals surface area contributed by atoms with E-state index in [9.17, 15) is 14.0 Å². The summed E-state index contributed by atoms with van der Waals surface area (Å²) in [7, 11) is 1.31. The molecule has 0 saturated carbocycles. The second-order valence-electron chi connectivity index (χ2n) is 4.27. The molecule has 0 bridgehead atoms. The Morgan fingerprint density at radius 3 is 2.90 bits per heavy atom. The molecular weight excluding hydrogens is 269 g/mol. The molecule has 1 amide bonds. The average Bonchev–Trinajstić information content (AvgIpc) is 2.47. The van der Waals surface area contributed by atoms with Gasteiger partial charge in [-0.1, -0.05) is 6.07 Å². The van der Waals surface area contributed by atoms with Crippen LogP contribution in [0.15, 0.2) is 18.2 Å². The van der Waals surface area contributed by atoms with E-state index < -0.39 is 23.8 Å². The van der Waals surface area contributed by atoms with Crippen molar-refractivity contribution in [2.45, 2.75) is 6.10 Å². The molecule has 1 saturated heterocycles. The maximum atomic E-state index is 14.0. The molecule has 1 unspecified atom stereocenters. The van der Waals surface area contributed by atoms with Gasteiger partial charge in [0.05, 0.1) is 25.8 Å². The minimum Gasteiger partial charge on any atom is -0.494 e. The van der Waals surface area contributed by atoms with E-state index in [1.165, 1.54) is 30.2 Å². The lowest BCUT2D eigenvalue weighted by molar-refractivity contribution is -0.154. The van der Waals surface area contributed by atoms with Crippen molar-refractivity contribution in [1.29, 1.82) is 0 Å². The number of aliphatic carboxylic acids is 1. The fourth-order valence-electron chi connectivity index (χ4n) is 1.99. The molecule has 1 fully saturated rings. The van der Waals surface area contributed by atoms with Gasteiger partial charge < -0.3 is 19.5 Å². The molecular formula is C13H14FNO5. The number of carboxylic acids is 1. The molecule has 1 aromatic carbocycles. The molecule has 1 atom stereocenters. The molecule has 108 valence electrons. The van der Waals surface area contributed by atoms with Crippen LogP contribution in [0.1, 0.15) is 10.4 Å². The van der Waals surface area contributed by atoms with Crippen molar-refractivity contribution < 1.29 is 28.6 Å². The minimum atomic E-state index is -1.14. The van der Waals surface area contributed by atoms with Crippen molar-refractivity contribution in [2.24, 2.45) is 0 Å². The number of carbonyl (C=O) groups excluding carboxylic acids is 1. The van der Waals surface area contributed by atoms with Crippen LogP contribution in [0.3, 0.4) is 0 Å². The molecule has 7 heteroatoms. The predicted molar refractivity (Wildman–Crippen MR) is 66.2 cm³/mol. The maximum absolute atomic E-state index is 14.0. The first kappa shape index (κ1) is 14.3. The molecule has 1 aromatic rings. The summed E-state index contributed by atoms with van der Waals surface area (Å²) in [5, 5.41) is 8.89. The summed E-state index contributed by atoms with van der Waals surface area (Å²) in [6.07, 6.45) is -1.08. The number of ether oxygens (including phenoxy) is 2. The van der Waals surface area contributed by atoms with Crippen molar-refractivity contribution in [3.8, 4) is 5.75 Å². The highest BCUT2D eigenvalue weighted by atomic mass is 19.1. The molecule has 0 aliphatic carbocycles. The van der Waals surface area contributed by atoms with E-state index in [1.54, 1.807) is 0 Å². The summed E-state index contributed by atoms with van der Waals surface area (Å²) in [6.45, 7) is 0.221. The van der Waals surface area contributed by atoms with Crippen LogP contribution in [0.25, 0.3) is 0 Å². The van der Waals surface area contributed by atoms with E-state index in [0.29, 0.717) is 0 Å². The smallest absolute Gasteiger partial charge is 0.334 e. The van der Waals surface area contributed by atoms with Gasteiger partial charge in [-0.25, -0.2) is 9.18 Å². The van der Waals surface area contributed by atoms with E-state index in [-0.39, 0.29) is 31.0 Å². The number of rotatable bonds is 3. The zero-order valence-electron chi connectivity index (χ0n) is 10.8. The van der Waals surface area contributed by atoms with Gasteiger partial charge in [0.25, 0.3) is 5.91 Å². The number of carbonyl (C=O) groups is 2. The number of halogens is 1. The van der Waals surface area contributed by atoms with Crippen molar-refractivity contribution in [3.05, 3.63) is 29.6 Å². The second-order valence-corrected chi connectivity index (χ2v) is 4.27. The Bertz CT molecular complexity index is 533. The molecule has 1 aliphatic rings. The molecule has 0 radical (unpaired) electrons. The number of benzene rings is 1. The molecule has 1 aliphatic heterocycles. The topological polar surface area (TPSA) is 76.1 Å². The van der Waals surface area contributed by atoms with Gasteiger partial charge in [0.15, 0.2) is 17.7 Å². The Morgan fingerprint density at radius 1 is 1.50 bits per heavy atom. The van der Waals surface area contributed by atoms with E-state index >= 15 is 0 Å².